The average molecular weight is 399 g/mol. The monoisotopic (exact) mass is 399 g/mol. The highest BCUT2D eigenvalue weighted by molar-refractivity contribution is 5.98. The standard InChI is InChI=1S/C25H22FN3O/c26-21-12-8-17(9-13-21)16-29-24-14-19(10-11-20(24)15-27-29)25(30)28-23-7-3-5-18-4-1-2-6-22(18)23/h1-2,4,6,8-15,23H,3,5,7,16H2,(H,28,30)/t23-/m0/s1. The van der Waals surface area contributed by atoms with Gasteiger partial charge in [-0.05, 0) is 60.2 Å². The second-order valence-corrected chi connectivity index (χ2v) is 7.82. The normalized spacial score (nSPS) is 15.7. The second-order valence-electron chi connectivity index (χ2n) is 7.82. The first-order chi connectivity index (χ1) is 14.7. The molecule has 0 unspecified atom stereocenters. The molecule has 1 heterocycles. The molecule has 1 aromatic heterocycles. The van der Waals surface area contributed by atoms with E-state index in [0.717, 1.165) is 35.7 Å². The van der Waals surface area contributed by atoms with Crippen molar-refractivity contribution in [3.63, 3.8) is 0 Å². The summed E-state index contributed by atoms with van der Waals surface area (Å²) in [6, 6.07) is 20.4. The molecule has 5 heteroatoms. The summed E-state index contributed by atoms with van der Waals surface area (Å²) in [6.07, 6.45) is 4.88. The Morgan fingerprint density at radius 2 is 1.93 bits per heavy atom. The number of carbonyl (C=O) groups excluding carboxylic acids is 1. The number of rotatable bonds is 4. The van der Waals surface area contributed by atoms with E-state index in [9.17, 15) is 9.18 Å². The van der Waals surface area contributed by atoms with Gasteiger partial charge in [0.25, 0.3) is 5.91 Å². The van der Waals surface area contributed by atoms with E-state index in [1.807, 2.05) is 28.9 Å². The van der Waals surface area contributed by atoms with Gasteiger partial charge in [-0.15, -0.1) is 0 Å². The Bertz CT molecular complexity index is 1210. The molecule has 1 aliphatic carbocycles. The van der Waals surface area contributed by atoms with Gasteiger partial charge in [0.15, 0.2) is 0 Å². The lowest BCUT2D eigenvalue weighted by Crippen LogP contribution is -2.30. The fourth-order valence-corrected chi connectivity index (χ4v) is 4.25. The van der Waals surface area contributed by atoms with Crippen molar-refractivity contribution in [2.24, 2.45) is 0 Å². The molecule has 4 aromatic rings. The van der Waals surface area contributed by atoms with E-state index in [1.165, 1.54) is 23.3 Å². The minimum Gasteiger partial charge on any atom is -0.345 e. The summed E-state index contributed by atoms with van der Waals surface area (Å²) >= 11 is 0. The Kier molecular flexibility index (Phi) is 4.79. The van der Waals surface area contributed by atoms with E-state index in [2.05, 4.69) is 28.6 Å². The summed E-state index contributed by atoms with van der Waals surface area (Å²) in [4.78, 5) is 13.0. The highest BCUT2D eigenvalue weighted by Crippen LogP contribution is 2.30. The number of aryl methyl sites for hydroxylation is 1. The zero-order chi connectivity index (χ0) is 20.5. The first-order valence-corrected chi connectivity index (χ1v) is 10.3. The third-order valence-electron chi connectivity index (χ3n) is 5.83. The maximum absolute atomic E-state index is 13.2. The first-order valence-electron chi connectivity index (χ1n) is 10.3. The van der Waals surface area contributed by atoms with E-state index in [-0.39, 0.29) is 17.8 Å². The van der Waals surface area contributed by atoms with Crippen LogP contribution in [0.1, 0.15) is 45.9 Å². The van der Waals surface area contributed by atoms with E-state index in [0.29, 0.717) is 12.1 Å². The molecule has 0 bridgehead atoms. The maximum atomic E-state index is 13.2. The predicted molar refractivity (Wildman–Crippen MR) is 115 cm³/mol. The molecule has 5 rings (SSSR count). The van der Waals surface area contributed by atoms with Crippen LogP contribution in [0.15, 0.2) is 72.9 Å². The molecule has 3 aromatic carbocycles. The van der Waals surface area contributed by atoms with Gasteiger partial charge in [-0.25, -0.2) is 4.39 Å². The summed E-state index contributed by atoms with van der Waals surface area (Å²) in [5.74, 6) is -0.333. The molecule has 0 aliphatic heterocycles. The van der Waals surface area contributed by atoms with Crippen molar-refractivity contribution in [2.75, 3.05) is 0 Å². The molecule has 1 N–H and O–H groups in total. The van der Waals surface area contributed by atoms with Crippen molar-refractivity contribution in [1.82, 2.24) is 15.1 Å². The summed E-state index contributed by atoms with van der Waals surface area (Å²) in [7, 11) is 0. The molecule has 0 radical (unpaired) electrons. The molecular formula is C25H22FN3O. The largest absolute Gasteiger partial charge is 0.345 e. The van der Waals surface area contributed by atoms with E-state index < -0.39 is 0 Å². The van der Waals surface area contributed by atoms with Gasteiger partial charge in [0.2, 0.25) is 0 Å². The number of halogens is 1. The van der Waals surface area contributed by atoms with Gasteiger partial charge >= 0.3 is 0 Å². The molecule has 30 heavy (non-hydrogen) atoms. The number of hydrogen-bond donors (Lipinski definition) is 1. The van der Waals surface area contributed by atoms with Gasteiger partial charge < -0.3 is 5.32 Å². The van der Waals surface area contributed by atoms with E-state index in [4.69, 9.17) is 0 Å². The lowest BCUT2D eigenvalue weighted by atomic mass is 9.87. The number of nitrogens with zero attached hydrogens (tertiary/aromatic N) is 2. The smallest absolute Gasteiger partial charge is 0.251 e. The topological polar surface area (TPSA) is 46.9 Å². The highest BCUT2D eigenvalue weighted by atomic mass is 19.1. The molecule has 1 aliphatic rings. The van der Waals surface area contributed by atoms with Gasteiger partial charge in [-0.3, -0.25) is 9.48 Å². The molecule has 0 saturated carbocycles. The fraction of sp³-hybridized carbons (Fsp3) is 0.200. The third kappa shape index (κ3) is 3.59. The van der Waals surface area contributed by atoms with Crippen molar-refractivity contribution >= 4 is 16.8 Å². The molecule has 4 nitrogen and oxygen atoms in total. The summed E-state index contributed by atoms with van der Waals surface area (Å²) < 4.78 is 15.0. The lowest BCUT2D eigenvalue weighted by molar-refractivity contribution is 0.0933. The van der Waals surface area contributed by atoms with Crippen LogP contribution in [0, 0.1) is 5.82 Å². The number of nitrogens with one attached hydrogen (secondary N) is 1. The third-order valence-corrected chi connectivity index (χ3v) is 5.83. The Labute approximate surface area is 174 Å². The Hall–Kier alpha value is -3.47. The van der Waals surface area contributed by atoms with Gasteiger partial charge in [0, 0.05) is 10.9 Å². The molecule has 0 spiro atoms. The van der Waals surface area contributed by atoms with E-state index in [1.54, 1.807) is 18.3 Å². The zero-order valence-electron chi connectivity index (χ0n) is 16.5. The van der Waals surface area contributed by atoms with Crippen LogP contribution in [0.3, 0.4) is 0 Å². The van der Waals surface area contributed by atoms with Crippen molar-refractivity contribution in [2.45, 2.75) is 31.8 Å². The summed E-state index contributed by atoms with van der Waals surface area (Å²) in [6.45, 7) is 0.519. The quantitative estimate of drug-likeness (QED) is 0.523. The van der Waals surface area contributed by atoms with Crippen molar-refractivity contribution in [3.8, 4) is 0 Å². The van der Waals surface area contributed by atoms with E-state index >= 15 is 0 Å². The average Bonchev–Trinajstić information content (AvgIpc) is 3.17. The number of hydrogen-bond acceptors (Lipinski definition) is 2. The number of amides is 1. The van der Waals surface area contributed by atoms with Crippen LogP contribution < -0.4 is 5.32 Å². The molecule has 0 saturated heterocycles. The number of aromatic nitrogens is 2. The SMILES string of the molecule is O=C(N[C@H]1CCCc2ccccc21)c1ccc2cnn(Cc3ccc(F)cc3)c2c1. The predicted octanol–water partition coefficient (Wildman–Crippen LogP) is 5.03. The van der Waals surface area contributed by atoms with Crippen molar-refractivity contribution < 1.29 is 9.18 Å². The van der Waals surface area contributed by atoms with Crippen LogP contribution in [0.5, 0.6) is 0 Å². The lowest BCUT2D eigenvalue weighted by Gasteiger charge is -2.26. The second kappa shape index (κ2) is 7.75. The van der Waals surface area contributed by atoms with Gasteiger partial charge in [0.05, 0.1) is 24.3 Å². The van der Waals surface area contributed by atoms with Gasteiger partial charge in [0.1, 0.15) is 5.82 Å². The van der Waals surface area contributed by atoms with Crippen LogP contribution in [0.25, 0.3) is 10.9 Å². The molecular weight excluding hydrogens is 377 g/mol. The van der Waals surface area contributed by atoms with Crippen LogP contribution in [0.4, 0.5) is 4.39 Å². The van der Waals surface area contributed by atoms with Crippen molar-refractivity contribution in [3.05, 3.63) is 101 Å². The Balaban J connectivity index is 1.39. The van der Waals surface area contributed by atoms with Crippen molar-refractivity contribution in [1.29, 1.82) is 0 Å². The number of benzene rings is 3. The van der Waals surface area contributed by atoms with Crippen LogP contribution in [-0.4, -0.2) is 15.7 Å². The minimum atomic E-state index is -0.257. The van der Waals surface area contributed by atoms with Gasteiger partial charge in [-0.2, -0.15) is 5.10 Å². The van der Waals surface area contributed by atoms with Crippen LogP contribution in [-0.2, 0) is 13.0 Å². The molecule has 0 fully saturated rings. The molecule has 1 amide bonds. The Morgan fingerprint density at radius 3 is 2.80 bits per heavy atom. The summed E-state index contributed by atoms with van der Waals surface area (Å²) in [5, 5.41) is 8.63. The number of carbonyl (C=O) groups is 1. The van der Waals surface area contributed by atoms with Gasteiger partial charge in [-0.1, -0.05) is 42.5 Å². The number of fused-ring (bicyclic) bond motifs is 2. The minimum absolute atomic E-state index is 0.0438. The zero-order valence-corrected chi connectivity index (χ0v) is 16.5. The molecule has 1 atom stereocenters. The highest BCUT2D eigenvalue weighted by Gasteiger charge is 2.22. The Morgan fingerprint density at radius 1 is 1.10 bits per heavy atom. The molecule has 150 valence electrons. The maximum Gasteiger partial charge on any atom is 0.251 e. The first kappa shape index (κ1) is 18.6. The summed E-state index contributed by atoms with van der Waals surface area (Å²) in [5.41, 5.74) is 5.00. The fourth-order valence-electron chi connectivity index (χ4n) is 4.25. The van der Waals surface area contributed by atoms with Crippen LogP contribution in [0.2, 0.25) is 0 Å². The van der Waals surface area contributed by atoms with Crippen LogP contribution >= 0.6 is 0 Å².